The highest BCUT2D eigenvalue weighted by atomic mass is 35.5. The van der Waals surface area contributed by atoms with E-state index >= 15 is 0 Å². The van der Waals surface area contributed by atoms with Crippen molar-refractivity contribution in [1.29, 1.82) is 0 Å². The second-order valence-corrected chi connectivity index (χ2v) is 11.1. The zero-order valence-electron chi connectivity index (χ0n) is 20.0. The lowest BCUT2D eigenvalue weighted by atomic mass is 10.1. The van der Waals surface area contributed by atoms with Crippen LogP contribution in [-0.2, 0) is 36.1 Å². The van der Waals surface area contributed by atoms with Crippen molar-refractivity contribution in [1.82, 2.24) is 28.8 Å². The summed E-state index contributed by atoms with van der Waals surface area (Å²) in [5, 5.41) is 7.80. The van der Waals surface area contributed by atoms with E-state index in [1.807, 2.05) is 6.92 Å². The van der Waals surface area contributed by atoms with E-state index in [2.05, 4.69) is 15.4 Å². The Hall–Kier alpha value is -3.42. The van der Waals surface area contributed by atoms with Gasteiger partial charge in [-0.05, 0) is 30.2 Å². The lowest BCUT2D eigenvalue weighted by Crippen LogP contribution is -2.44. The minimum absolute atomic E-state index is 0.0169. The minimum Gasteiger partial charge on any atom is -0.347 e. The number of amides is 1. The van der Waals surface area contributed by atoms with Crippen LogP contribution in [0.25, 0.3) is 16.9 Å². The molecule has 0 bridgehead atoms. The van der Waals surface area contributed by atoms with Crippen molar-refractivity contribution in [3.63, 3.8) is 0 Å². The zero-order chi connectivity index (χ0) is 27.2. The molecule has 4 aromatic rings. The van der Waals surface area contributed by atoms with E-state index < -0.39 is 22.1 Å². The minimum atomic E-state index is -5.41. The number of imidazole rings is 1. The van der Waals surface area contributed by atoms with E-state index in [0.29, 0.717) is 49.7 Å². The van der Waals surface area contributed by atoms with Crippen LogP contribution < -0.4 is 5.32 Å². The fourth-order valence-electron chi connectivity index (χ4n) is 4.35. The maximum atomic E-state index is 13.0. The van der Waals surface area contributed by atoms with Crippen LogP contribution in [0, 0.1) is 0 Å². The number of aryl methyl sites for hydroxylation is 1. The smallest absolute Gasteiger partial charge is 0.347 e. The number of pyridine rings is 1. The molecule has 38 heavy (non-hydrogen) atoms. The molecule has 1 aliphatic heterocycles. The Morgan fingerprint density at radius 2 is 1.87 bits per heavy atom. The van der Waals surface area contributed by atoms with E-state index in [9.17, 15) is 26.4 Å². The molecular formula is C24H22ClF3N6O3S. The molecule has 0 saturated carbocycles. The summed E-state index contributed by atoms with van der Waals surface area (Å²) >= 11 is 6.10. The molecule has 0 radical (unpaired) electrons. The molecule has 0 fully saturated rings. The highest BCUT2D eigenvalue weighted by Crippen LogP contribution is 2.30. The van der Waals surface area contributed by atoms with Gasteiger partial charge in [0.25, 0.3) is 5.91 Å². The summed E-state index contributed by atoms with van der Waals surface area (Å²) in [7, 11) is -5.41. The van der Waals surface area contributed by atoms with Crippen LogP contribution in [0.3, 0.4) is 0 Å². The van der Waals surface area contributed by atoms with Crippen molar-refractivity contribution < 1.29 is 26.4 Å². The summed E-state index contributed by atoms with van der Waals surface area (Å²) in [6, 6.07) is 12.2. The van der Waals surface area contributed by atoms with Gasteiger partial charge in [0.1, 0.15) is 11.3 Å². The molecule has 1 N–H and O–H groups in total. The van der Waals surface area contributed by atoms with E-state index in [4.69, 9.17) is 11.6 Å². The first-order valence-electron chi connectivity index (χ1n) is 11.6. The van der Waals surface area contributed by atoms with Crippen molar-refractivity contribution in [2.24, 2.45) is 0 Å². The summed E-state index contributed by atoms with van der Waals surface area (Å²) in [4.78, 5) is 17.5. The number of benzene rings is 1. The fraction of sp³-hybridized carbons (Fsp3) is 0.292. The van der Waals surface area contributed by atoms with Crippen LogP contribution >= 0.6 is 11.6 Å². The lowest BCUT2D eigenvalue weighted by Gasteiger charge is -2.27. The van der Waals surface area contributed by atoms with Gasteiger partial charge in [0.05, 0.1) is 35.2 Å². The molecule has 0 aliphatic carbocycles. The molecule has 9 nitrogen and oxygen atoms in total. The molecule has 1 amide bonds. The van der Waals surface area contributed by atoms with Crippen LogP contribution in [0.2, 0.25) is 5.02 Å². The van der Waals surface area contributed by atoms with Gasteiger partial charge in [0.15, 0.2) is 0 Å². The monoisotopic (exact) mass is 566 g/mol. The summed E-state index contributed by atoms with van der Waals surface area (Å²) in [6.07, 6.45) is 2.22. The topological polar surface area (TPSA) is 102 Å². The quantitative estimate of drug-likeness (QED) is 0.380. The number of fused-ring (bicyclic) bond motifs is 2. The summed E-state index contributed by atoms with van der Waals surface area (Å²) in [5.74, 6) is -0.291. The van der Waals surface area contributed by atoms with Gasteiger partial charge in [-0.15, -0.1) is 0 Å². The van der Waals surface area contributed by atoms with Gasteiger partial charge >= 0.3 is 15.5 Å². The number of sulfonamides is 1. The zero-order valence-corrected chi connectivity index (χ0v) is 21.6. The third-order valence-corrected chi connectivity index (χ3v) is 8.10. The van der Waals surface area contributed by atoms with E-state index in [1.54, 1.807) is 53.1 Å². The third kappa shape index (κ3) is 4.76. The van der Waals surface area contributed by atoms with Crippen molar-refractivity contribution in [2.45, 2.75) is 38.5 Å². The van der Waals surface area contributed by atoms with Crippen LogP contribution in [0.5, 0.6) is 0 Å². The maximum absolute atomic E-state index is 13.0. The Kier molecular flexibility index (Phi) is 6.70. The Labute approximate surface area is 220 Å². The van der Waals surface area contributed by atoms with Gasteiger partial charge in [-0.25, -0.2) is 13.4 Å². The molecule has 1 aromatic carbocycles. The summed E-state index contributed by atoms with van der Waals surface area (Å²) in [6.45, 7) is 1.46. The Morgan fingerprint density at radius 1 is 1.13 bits per heavy atom. The van der Waals surface area contributed by atoms with Crippen molar-refractivity contribution in [3.8, 4) is 11.3 Å². The number of carbonyl (C=O) groups excluding carboxylic acids is 1. The highest BCUT2D eigenvalue weighted by molar-refractivity contribution is 7.89. The molecule has 4 heterocycles. The molecule has 0 atom stereocenters. The molecule has 0 spiro atoms. The molecule has 0 saturated heterocycles. The molecule has 14 heteroatoms. The predicted octanol–water partition coefficient (Wildman–Crippen LogP) is 4.01. The molecule has 200 valence electrons. The number of hydrogen-bond acceptors (Lipinski definition) is 5. The summed E-state index contributed by atoms with van der Waals surface area (Å²) in [5.41, 5.74) is -1.23. The number of halogens is 4. The van der Waals surface area contributed by atoms with Crippen LogP contribution in [0.15, 0.2) is 48.7 Å². The first-order chi connectivity index (χ1) is 18.0. The number of rotatable bonds is 6. The molecule has 5 rings (SSSR count). The molecule has 3 aromatic heterocycles. The van der Waals surface area contributed by atoms with Gasteiger partial charge in [-0.2, -0.15) is 22.6 Å². The van der Waals surface area contributed by atoms with Crippen LogP contribution in [0.1, 0.15) is 34.4 Å². The van der Waals surface area contributed by atoms with E-state index in [0.717, 1.165) is 5.56 Å². The fourth-order valence-corrected chi connectivity index (χ4v) is 5.43. The standard InChI is InChI=1S/C24H22ClF3N6O3S/c1-2-19-22(33-13-17(25)7-8-21(33)30-19)23(35)29-12-15-3-5-16(6-4-15)20-11-18-14-32(9-10-34(18)31-20)38(36,37)24(26,27)28/h3-8,11,13H,2,9-10,12,14H2,1H3,(H,29,35). The SMILES string of the molecule is CCc1nc2ccc(Cl)cn2c1C(=O)NCc1ccc(-c2cc3n(n2)CCN(S(=O)(=O)C(F)(F)F)C3)cc1. The third-order valence-electron chi connectivity index (χ3n) is 6.30. The van der Waals surface area contributed by atoms with Crippen molar-refractivity contribution in [3.05, 3.63) is 76.3 Å². The van der Waals surface area contributed by atoms with Gasteiger partial charge < -0.3 is 5.32 Å². The number of nitrogens with one attached hydrogen (secondary N) is 1. The van der Waals surface area contributed by atoms with E-state index in [-0.39, 0.29) is 25.5 Å². The number of alkyl halides is 3. The van der Waals surface area contributed by atoms with Crippen molar-refractivity contribution >= 4 is 33.2 Å². The second kappa shape index (κ2) is 9.71. The largest absolute Gasteiger partial charge is 0.511 e. The normalized spacial score (nSPS) is 14.6. The van der Waals surface area contributed by atoms with Gasteiger partial charge in [-0.1, -0.05) is 42.8 Å². The molecule has 0 unspecified atom stereocenters. The summed E-state index contributed by atoms with van der Waals surface area (Å²) < 4.78 is 65.9. The highest BCUT2D eigenvalue weighted by Gasteiger charge is 2.50. The predicted molar refractivity (Wildman–Crippen MR) is 134 cm³/mol. The van der Waals surface area contributed by atoms with Gasteiger partial charge in [0, 0.05) is 24.8 Å². The van der Waals surface area contributed by atoms with E-state index in [1.165, 1.54) is 4.68 Å². The lowest BCUT2D eigenvalue weighted by molar-refractivity contribution is -0.0496. The average molecular weight is 567 g/mol. The molecular weight excluding hydrogens is 545 g/mol. The number of hydrogen-bond donors (Lipinski definition) is 1. The maximum Gasteiger partial charge on any atom is 0.511 e. The van der Waals surface area contributed by atoms with Crippen molar-refractivity contribution in [2.75, 3.05) is 6.54 Å². The van der Waals surface area contributed by atoms with Gasteiger partial charge in [0.2, 0.25) is 0 Å². The first-order valence-corrected chi connectivity index (χ1v) is 13.5. The number of carbonyl (C=O) groups is 1. The molecule has 1 aliphatic rings. The Balaban J connectivity index is 1.28. The Bertz CT molecular complexity index is 1630. The van der Waals surface area contributed by atoms with Crippen LogP contribution in [-0.4, -0.2) is 49.8 Å². The number of nitrogens with zero attached hydrogens (tertiary/aromatic N) is 5. The van der Waals surface area contributed by atoms with Gasteiger partial charge in [-0.3, -0.25) is 13.9 Å². The first kappa shape index (κ1) is 26.2. The second-order valence-electron chi connectivity index (χ2n) is 8.74. The average Bonchev–Trinajstić information content (AvgIpc) is 3.47. The Morgan fingerprint density at radius 3 is 2.55 bits per heavy atom. The van der Waals surface area contributed by atoms with Crippen LogP contribution in [0.4, 0.5) is 13.2 Å². The number of aromatic nitrogens is 4.